The Morgan fingerprint density at radius 1 is 1.47 bits per heavy atom. The van der Waals surface area contributed by atoms with Gasteiger partial charge in [0.25, 0.3) is 0 Å². The van der Waals surface area contributed by atoms with Gasteiger partial charge in [0.15, 0.2) is 0 Å². The highest BCUT2D eigenvalue weighted by Crippen LogP contribution is 2.41. The Hall–Kier alpha value is -1.99. The van der Waals surface area contributed by atoms with E-state index in [9.17, 15) is 5.26 Å². The number of nitrogens with zero attached hydrogens (tertiary/aromatic N) is 2. The van der Waals surface area contributed by atoms with Crippen molar-refractivity contribution in [2.75, 3.05) is 5.73 Å². The van der Waals surface area contributed by atoms with Crippen LogP contribution in [0.1, 0.15) is 36.5 Å². The summed E-state index contributed by atoms with van der Waals surface area (Å²) in [5.41, 5.74) is 10.1. The number of rotatable bonds is 2. The molecular formula is C14H15ClN4. The monoisotopic (exact) mass is 274 g/mol. The average molecular weight is 275 g/mol. The molecule has 5 heteroatoms. The van der Waals surface area contributed by atoms with E-state index in [1.807, 2.05) is 26.8 Å². The van der Waals surface area contributed by atoms with Crippen molar-refractivity contribution in [1.82, 2.24) is 10.2 Å². The van der Waals surface area contributed by atoms with E-state index in [2.05, 4.69) is 16.3 Å². The number of aromatic nitrogens is 2. The summed E-state index contributed by atoms with van der Waals surface area (Å²) in [6, 6.07) is 4.00. The minimum Gasteiger partial charge on any atom is -0.397 e. The van der Waals surface area contributed by atoms with Gasteiger partial charge in [-0.15, -0.1) is 0 Å². The molecule has 0 fully saturated rings. The van der Waals surface area contributed by atoms with E-state index in [0.717, 1.165) is 22.4 Å². The van der Waals surface area contributed by atoms with Crippen molar-refractivity contribution >= 4 is 17.3 Å². The molecule has 2 aromatic rings. The molecule has 0 saturated heterocycles. The van der Waals surface area contributed by atoms with E-state index in [0.29, 0.717) is 16.3 Å². The zero-order chi connectivity index (χ0) is 14.2. The van der Waals surface area contributed by atoms with Crippen LogP contribution in [0.15, 0.2) is 12.3 Å². The number of nitrogen functional groups attached to an aromatic ring is 1. The standard InChI is InChI=1S/C14H15ClN4/c1-7(2)11-9(6-16)14(17)8(3)12(13(11)15)10-4-5-18-19-10/h4-5,7H,17H2,1-3H3,(H,18,19). The van der Waals surface area contributed by atoms with Crippen molar-refractivity contribution in [2.24, 2.45) is 0 Å². The summed E-state index contributed by atoms with van der Waals surface area (Å²) in [6.07, 6.45) is 1.73. The van der Waals surface area contributed by atoms with Crippen molar-refractivity contribution in [3.63, 3.8) is 0 Å². The molecule has 1 heterocycles. The molecule has 0 amide bonds. The number of nitrogens with one attached hydrogen (secondary N) is 1. The number of nitriles is 1. The highest BCUT2D eigenvalue weighted by Gasteiger charge is 2.22. The number of nitrogens with two attached hydrogens (primary N) is 1. The van der Waals surface area contributed by atoms with Crippen LogP contribution in [0.4, 0.5) is 5.69 Å². The number of hydrogen-bond donors (Lipinski definition) is 2. The van der Waals surface area contributed by atoms with Crippen LogP contribution in [0.5, 0.6) is 0 Å². The Morgan fingerprint density at radius 3 is 2.63 bits per heavy atom. The Labute approximate surface area is 117 Å². The van der Waals surface area contributed by atoms with E-state index < -0.39 is 0 Å². The van der Waals surface area contributed by atoms with Crippen LogP contribution in [-0.2, 0) is 0 Å². The molecule has 0 aliphatic rings. The first-order chi connectivity index (χ1) is 8.99. The lowest BCUT2D eigenvalue weighted by Gasteiger charge is -2.18. The molecule has 0 aliphatic carbocycles. The minimum atomic E-state index is 0.114. The molecule has 0 radical (unpaired) electrons. The van der Waals surface area contributed by atoms with Gasteiger partial charge in [-0.3, -0.25) is 5.10 Å². The van der Waals surface area contributed by atoms with Gasteiger partial charge >= 0.3 is 0 Å². The second-order valence-corrected chi connectivity index (χ2v) is 5.12. The van der Waals surface area contributed by atoms with E-state index >= 15 is 0 Å². The fourth-order valence-corrected chi connectivity index (χ4v) is 2.79. The maximum atomic E-state index is 9.31. The molecule has 0 aliphatic heterocycles. The molecule has 4 nitrogen and oxygen atoms in total. The van der Waals surface area contributed by atoms with Gasteiger partial charge in [-0.2, -0.15) is 10.4 Å². The molecule has 19 heavy (non-hydrogen) atoms. The van der Waals surface area contributed by atoms with Crippen LogP contribution in [-0.4, -0.2) is 10.2 Å². The third-order valence-electron chi connectivity index (χ3n) is 3.22. The van der Waals surface area contributed by atoms with Crippen LogP contribution >= 0.6 is 11.6 Å². The SMILES string of the molecule is Cc1c(N)c(C#N)c(C(C)C)c(Cl)c1-c1cc[nH]n1. The van der Waals surface area contributed by atoms with Crippen LogP contribution in [0, 0.1) is 18.3 Å². The fraction of sp³-hybridized carbons (Fsp3) is 0.286. The molecule has 0 unspecified atom stereocenters. The average Bonchev–Trinajstić information content (AvgIpc) is 2.86. The van der Waals surface area contributed by atoms with Crippen LogP contribution < -0.4 is 5.73 Å². The first kappa shape index (κ1) is 13.4. The minimum absolute atomic E-state index is 0.114. The third kappa shape index (κ3) is 2.06. The van der Waals surface area contributed by atoms with Crippen molar-refractivity contribution in [3.05, 3.63) is 34.0 Å². The van der Waals surface area contributed by atoms with E-state index in [4.69, 9.17) is 17.3 Å². The summed E-state index contributed by atoms with van der Waals surface area (Å²) in [6.45, 7) is 5.84. The predicted octanol–water partition coefficient (Wildman–Crippen LogP) is 3.62. The van der Waals surface area contributed by atoms with Gasteiger partial charge in [0, 0.05) is 11.8 Å². The van der Waals surface area contributed by atoms with E-state index in [1.165, 1.54) is 0 Å². The van der Waals surface area contributed by atoms with Gasteiger partial charge in [-0.1, -0.05) is 25.4 Å². The first-order valence-electron chi connectivity index (χ1n) is 6.00. The van der Waals surface area contributed by atoms with Crippen molar-refractivity contribution < 1.29 is 0 Å². The highest BCUT2D eigenvalue weighted by atomic mass is 35.5. The fourth-order valence-electron chi connectivity index (χ4n) is 2.24. The molecule has 3 N–H and O–H groups in total. The molecule has 2 rings (SSSR count). The molecule has 0 bridgehead atoms. The van der Waals surface area contributed by atoms with Gasteiger partial charge in [0.2, 0.25) is 0 Å². The van der Waals surface area contributed by atoms with Crippen LogP contribution in [0.3, 0.4) is 0 Å². The van der Waals surface area contributed by atoms with Gasteiger partial charge in [0.1, 0.15) is 6.07 Å². The number of halogens is 1. The number of hydrogen-bond acceptors (Lipinski definition) is 3. The van der Waals surface area contributed by atoms with Crippen molar-refractivity contribution in [3.8, 4) is 17.3 Å². The summed E-state index contributed by atoms with van der Waals surface area (Å²) in [7, 11) is 0. The zero-order valence-corrected chi connectivity index (χ0v) is 11.8. The summed E-state index contributed by atoms with van der Waals surface area (Å²) < 4.78 is 0. The molecular weight excluding hydrogens is 260 g/mol. The summed E-state index contributed by atoms with van der Waals surface area (Å²) >= 11 is 6.50. The molecule has 1 aromatic carbocycles. The number of H-pyrrole nitrogens is 1. The summed E-state index contributed by atoms with van der Waals surface area (Å²) in [4.78, 5) is 0. The van der Waals surface area contributed by atoms with Gasteiger partial charge in [-0.25, -0.2) is 0 Å². The smallest absolute Gasteiger partial charge is 0.102 e. The summed E-state index contributed by atoms with van der Waals surface area (Å²) in [5, 5.41) is 16.8. The van der Waals surface area contributed by atoms with Gasteiger partial charge in [0.05, 0.1) is 22.0 Å². The van der Waals surface area contributed by atoms with E-state index in [1.54, 1.807) is 6.20 Å². The Kier molecular flexibility index (Phi) is 3.50. The lowest BCUT2D eigenvalue weighted by molar-refractivity contribution is 0.863. The maximum Gasteiger partial charge on any atom is 0.102 e. The van der Waals surface area contributed by atoms with Crippen LogP contribution in [0.2, 0.25) is 5.02 Å². The number of anilines is 1. The normalized spacial score (nSPS) is 10.7. The third-order valence-corrected chi connectivity index (χ3v) is 3.61. The van der Waals surface area contributed by atoms with Gasteiger partial charge in [-0.05, 0) is 30.0 Å². The molecule has 1 aromatic heterocycles. The quantitative estimate of drug-likeness (QED) is 0.821. The van der Waals surface area contributed by atoms with Crippen LogP contribution in [0.25, 0.3) is 11.3 Å². The topological polar surface area (TPSA) is 78.5 Å². The van der Waals surface area contributed by atoms with Crippen molar-refractivity contribution in [2.45, 2.75) is 26.7 Å². The predicted molar refractivity (Wildman–Crippen MR) is 77.0 cm³/mol. The first-order valence-corrected chi connectivity index (χ1v) is 6.38. The Balaban J connectivity index is 2.88. The number of benzene rings is 1. The zero-order valence-electron chi connectivity index (χ0n) is 11.1. The maximum absolute atomic E-state index is 9.31. The Morgan fingerprint density at radius 2 is 2.16 bits per heavy atom. The molecule has 0 atom stereocenters. The second-order valence-electron chi connectivity index (χ2n) is 4.74. The lowest BCUT2D eigenvalue weighted by atomic mass is 9.89. The molecule has 98 valence electrons. The molecule has 0 saturated carbocycles. The lowest BCUT2D eigenvalue weighted by Crippen LogP contribution is -2.05. The van der Waals surface area contributed by atoms with Gasteiger partial charge < -0.3 is 5.73 Å². The largest absolute Gasteiger partial charge is 0.397 e. The second kappa shape index (κ2) is 4.94. The number of aromatic amines is 1. The highest BCUT2D eigenvalue weighted by molar-refractivity contribution is 6.34. The molecule has 0 spiro atoms. The Bertz CT molecular complexity index is 651. The van der Waals surface area contributed by atoms with E-state index in [-0.39, 0.29) is 5.92 Å². The summed E-state index contributed by atoms with van der Waals surface area (Å²) in [5.74, 6) is 0.114. The van der Waals surface area contributed by atoms with Crippen molar-refractivity contribution in [1.29, 1.82) is 5.26 Å².